The summed E-state index contributed by atoms with van der Waals surface area (Å²) in [6, 6.07) is 5.70. The van der Waals surface area contributed by atoms with E-state index in [-0.39, 0.29) is 11.9 Å². The third kappa shape index (κ3) is 3.20. The molecule has 7 nitrogen and oxygen atoms in total. The number of fused-ring (bicyclic) bond motifs is 1. The van der Waals surface area contributed by atoms with E-state index in [4.69, 9.17) is 0 Å². The average Bonchev–Trinajstić information content (AvgIpc) is 2.73. The van der Waals surface area contributed by atoms with Gasteiger partial charge in [0.2, 0.25) is 0 Å². The Morgan fingerprint density at radius 1 is 1.04 bits per heavy atom. The number of amides is 1. The minimum atomic E-state index is 0.0236. The molecule has 1 amide bonds. The van der Waals surface area contributed by atoms with E-state index in [9.17, 15) is 4.79 Å². The predicted octanol–water partition coefficient (Wildman–Crippen LogP) is 2.16. The second-order valence-corrected chi connectivity index (χ2v) is 6.46. The maximum Gasteiger partial charge on any atom is 0.253 e. The highest BCUT2D eigenvalue weighted by Crippen LogP contribution is 2.21. The van der Waals surface area contributed by atoms with Crippen LogP contribution in [-0.2, 0) is 0 Å². The molecule has 132 valence electrons. The third-order valence-electron chi connectivity index (χ3n) is 4.92. The zero-order valence-corrected chi connectivity index (χ0v) is 14.6. The number of hydrogen-bond acceptors (Lipinski definition) is 6. The Morgan fingerprint density at radius 3 is 2.50 bits per heavy atom. The number of hydrogen-bond donors (Lipinski definition) is 0. The number of rotatable bonds is 3. The highest BCUT2D eigenvalue weighted by molar-refractivity contribution is 5.97. The summed E-state index contributed by atoms with van der Waals surface area (Å²) < 4.78 is 0. The first-order valence-electron chi connectivity index (χ1n) is 8.71. The molecule has 2 aromatic heterocycles. The quantitative estimate of drug-likeness (QED) is 0.722. The summed E-state index contributed by atoms with van der Waals surface area (Å²) >= 11 is 0. The van der Waals surface area contributed by atoms with Crippen LogP contribution in [0.4, 0.5) is 5.82 Å². The van der Waals surface area contributed by atoms with Crippen LogP contribution in [0.1, 0.15) is 23.2 Å². The van der Waals surface area contributed by atoms with Crippen LogP contribution in [0.15, 0.2) is 49.2 Å². The Hall–Kier alpha value is -3.09. The summed E-state index contributed by atoms with van der Waals surface area (Å²) in [6.07, 6.45) is 10.3. The van der Waals surface area contributed by atoms with Crippen LogP contribution in [0.5, 0.6) is 0 Å². The van der Waals surface area contributed by atoms with Crippen LogP contribution in [0.2, 0.25) is 0 Å². The molecule has 1 fully saturated rings. The molecule has 0 saturated carbocycles. The van der Waals surface area contributed by atoms with Gasteiger partial charge < -0.3 is 9.80 Å². The number of piperidine rings is 1. The van der Waals surface area contributed by atoms with Gasteiger partial charge in [-0.2, -0.15) is 0 Å². The zero-order chi connectivity index (χ0) is 17.9. The fraction of sp³-hybridized carbons (Fsp3) is 0.316. The van der Waals surface area contributed by atoms with Gasteiger partial charge in [0.15, 0.2) is 0 Å². The van der Waals surface area contributed by atoms with E-state index in [1.54, 1.807) is 31.0 Å². The molecule has 1 aliphatic heterocycles. The van der Waals surface area contributed by atoms with Gasteiger partial charge in [0, 0.05) is 56.5 Å². The molecule has 0 bridgehead atoms. The molecular weight excluding hydrogens is 328 g/mol. The van der Waals surface area contributed by atoms with Crippen molar-refractivity contribution >= 4 is 22.8 Å². The first-order valence-corrected chi connectivity index (χ1v) is 8.71. The smallest absolute Gasteiger partial charge is 0.253 e. The second kappa shape index (κ2) is 7.03. The van der Waals surface area contributed by atoms with Gasteiger partial charge in [-0.3, -0.25) is 19.7 Å². The Morgan fingerprint density at radius 2 is 1.77 bits per heavy atom. The number of nitrogens with zero attached hydrogens (tertiary/aromatic N) is 6. The van der Waals surface area contributed by atoms with Crippen molar-refractivity contribution < 1.29 is 4.79 Å². The van der Waals surface area contributed by atoms with Gasteiger partial charge in [0.05, 0.1) is 17.2 Å². The van der Waals surface area contributed by atoms with Gasteiger partial charge in [-0.25, -0.2) is 4.98 Å². The minimum absolute atomic E-state index is 0.0236. The molecule has 26 heavy (non-hydrogen) atoms. The van der Waals surface area contributed by atoms with Crippen molar-refractivity contribution in [3.05, 3.63) is 54.7 Å². The number of carbonyl (C=O) groups excluding carboxylic acids is 1. The van der Waals surface area contributed by atoms with Crippen molar-refractivity contribution in [2.24, 2.45) is 0 Å². The van der Waals surface area contributed by atoms with Crippen LogP contribution >= 0.6 is 0 Å². The predicted molar refractivity (Wildman–Crippen MR) is 98.9 cm³/mol. The molecule has 1 aliphatic rings. The number of anilines is 1. The fourth-order valence-electron chi connectivity index (χ4n) is 3.40. The van der Waals surface area contributed by atoms with Gasteiger partial charge in [0.25, 0.3) is 5.91 Å². The molecule has 3 aromatic rings. The van der Waals surface area contributed by atoms with Crippen molar-refractivity contribution in [2.75, 3.05) is 25.0 Å². The van der Waals surface area contributed by atoms with Gasteiger partial charge in [0.1, 0.15) is 5.82 Å². The number of aromatic nitrogens is 4. The number of benzene rings is 1. The van der Waals surface area contributed by atoms with E-state index in [0.29, 0.717) is 5.56 Å². The zero-order valence-electron chi connectivity index (χ0n) is 14.6. The van der Waals surface area contributed by atoms with E-state index in [0.717, 1.165) is 42.8 Å². The molecule has 0 spiro atoms. The Bertz CT molecular complexity index is 908. The first kappa shape index (κ1) is 16.4. The van der Waals surface area contributed by atoms with Crippen molar-refractivity contribution in [3.63, 3.8) is 0 Å². The van der Waals surface area contributed by atoms with Crippen molar-refractivity contribution in [1.29, 1.82) is 0 Å². The van der Waals surface area contributed by atoms with Crippen LogP contribution in [0.25, 0.3) is 11.0 Å². The lowest BCUT2D eigenvalue weighted by molar-refractivity contribution is 0.0709. The molecular formula is C19H20N6O. The van der Waals surface area contributed by atoms with E-state index < -0.39 is 0 Å². The van der Waals surface area contributed by atoms with Crippen LogP contribution < -0.4 is 4.90 Å². The third-order valence-corrected chi connectivity index (χ3v) is 4.92. The summed E-state index contributed by atoms with van der Waals surface area (Å²) in [6.45, 7) is 1.73. The highest BCUT2D eigenvalue weighted by Gasteiger charge is 2.26. The highest BCUT2D eigenvalue weighted by atomic mass is 16.2. The van der Waals surface area contributed by atoms with E-state index in [2.05, 4.69) is 24.8 Å². The Balaban J connectivity index is 1.44. The lowest BCUT2D eigenvalue weighted by Crippen LogP contribution is -2.45. The molecule has 0 N–H and O–H groups in total. The molecule has 7 heteroatoms. The molecule has 0 aliphatic carbocycles. The van der Waals surface area contributed by atoms with Gasteiger partial charge in [-0.05, 0) is 31.0 Å². The van der Waals surface area contributed by atoms with Gasteiger partial charge >= 0.3 is 0 Å². The summed E-state index contributed by atoms with van der Waals surface area (Å²) in [4.78, 5) is 34.0. The SMILES string of the molecule is CN(C(=O)c1ccc2nccnc2c1)C1CCN(c2cnccn2)CC1. The Kier molecular flexibility index (Phi) is 4.43. The van der Waals surface area contributed by atoms with Crippen molar-refractivity contribution in [2.45, 2.75) is 18.9 Å². The normalized spacial score (nSPS) is 15.2. The maximum absolute atomic E-state index is 12.9. The number of carbonyl (C=O) groups is 1. The molecule has 0 radical (unpaired) electrons. The van der Waals surface area contributed by atoms with E-state index in [1.165, 1.54) is 0 Å². The molecule has 1 saturated heterocycles. The summed E-state index contributed by atoms with van der Waals surface area (Å²) in [5, 5.41) is 0. The van der Waals surface area contributed by atoms with Gasteiger partial charge in [-0.15, -0.1) is 0 Å². The first-order chi connectivity index (χ1) is 12.7. The molecule has 0 unspecified atom stereocenters. The minimum Gasteiger partial charge on any atom is -0.355 e. The average molecular weight is 348 g/mol. The lowest BCUT2D eigenvalue weighted by atomic mass is 10.0. The van der Waals surface area contributed by atoms with Crippen molar-refractivity contribution in [3.8, 4) is 0 Å². The van der Waals surface area contributed by atoms with Crippen LogP contribution in [0.3, 0.4) is 0 Å². The molecule has 0 atom stereocenters. The standard InChI is InChI=1S/C19H20N6O/c1-24(15-4-10-25(11-5-15)18-13-20-6-7-23-18)19(26)14-2-3-16-17(12-14)22-9-8-21-16/h2-3,6-9,12-13,15H,4-5,10-11H2,1H3. The summed E-state index contributed by atoms with van der Waals surface area (Å²) in [5.74, 6) is 0.920. The largest absolute Gasteiger partial charge is 0.355 e. The summed E-state index contributed by atoms with van der Waals surface area (Å²) in [5.41, 5.74) is 2.19. The lowest BCUT2D eigenvalue weighted by Gasteiger charge is -2.37. The Labute approximate surface area is 151 Å². The molecule has 3 heterocycles. The van der Waals surface area contributed by atoms with Gasteiger partial charge in [-0.1, -0.05) is 0 Å². The van der Waals surface area contributed by atoms with E-state index in [1.807, 2.05) is 30.1 Å². The molecule has 1 aromatic carbocycles. The van der Waals surface area contributed by atoms with E-state index >= 15 is 0 Å². The monoisotopic (exact) mass is 348 g/mol. The van der Waals surface area contributed by atoms with Crippen LogP contribution in [0, 0.1) is 0 Å². The fourth-order valence-corrected chi connectivity index (χ4v) is 3.40. The topological polar surface area (TPSA) is 75.1 Å². The summed E-state index contributed by atoms with van der Waals surface area (Å²) in [7, 11) is 1.88. The van der Waals surface area contributed by atoms with Crippen LogP contribution in [-0.4, -0.2) is 56.9 Å². The second-order valence-electron chi connectivity index (χ2n) is 6.46. The molecule has 4 rings (SSSR count). The maximum atomic E-state index is 12.9. The van der Waals surface area contributed by atoms with Crippen molar-refractivity contribution in [1.82, 2.24) is 24.8 Å².